The first-order valence-corrected chi connectivity index (χ1v) is 11.8. The molecule has 188 valence electrons. The minimum Gasteiger partial charge on any atom is -0.494 e. The van der Waals surface area contributed by atoms with E-state index in [1.165, 1.54) is 0 Å². The largest absolute Gasteiger partial charge is 0.494 e. The number of aromatic nitrogens is 2. The Hall–Kier alpha value is -2.95. The Balaban J connectivity index is 1.59. The van der Waals surface area contributed by atoms with E-state index in [0.29, 0.717) is 13.0 Å². The highest BCUT2D eigenvalue weighted by Gasteiger charge is 2.45. The highest BCUT2D eigenvalue weighted by Crippen LogP contribution is 2.33. The number of nitrogens with one attached hydrogen (secondary N) is 1. The number of hydrogen-bond donors (Lipinski definition) is 5. The van der Waals surface area contributed by atoms with Crippen LogP contribution in [0.3, 0.4) is 0 Å². The van der Waals surface area contributed by atoms with E-state index >= 15 is 0 Å². The molecule has 1 aliphatic rings. The van der Waals surface area contributed by atoms with Crippen molar-refractivity contribution >= 4 is 0 Å². The smallest absolute Gasteiger partial charge is 0.239 e. The van der Waals surface area contributed by atoms with Crippen LogP contribution in [0.4, 0.5) is 0 Å². The SMILES string of the molecule is CCCCOc1ccc(Cc2c(O[C@@H]3O[C@H](CO)[C@@H](O)[C@H](O)[C@H]3O)n[nH]c2-c2ccccc2)cc1. The van der Waals surface area contributed by atoms with Gasteiger partial charge in [-0.15, -0.1) is 5.10 Å². The predicted molar refractivity (Wildman–Crippen MR) is 128 cm³/mol. The minimum absolute atomic E-state index is 0.191. The van der Waals surface area contributed by atoms with Crippen molar-refractivity contribution in [2.24, 2.45) is 0 Å². The summed E-state index contributed by atoms with van der Waals surface area (Å²) in [7, 11) is 0. The van der Waals surface area contributed by atoms with Crippen molar-refractivity contribution in [3.63, 3.8) is 0 Å². The number of nitrogens with zero attached hydrogens (tertiary/aromatic N) is 1. The summed E-state index contributed by atoms with van der Waals surface area (Å²) < 4.78 is 17.2. The number of rotatable bonds is 10. The average Bonchev–Trinajstić information content (AvgIpc) is 3.28. The minimum atomic E-state index is -1.54. The molecule has 0 saturated carbocycles. The van der Waals surface area contributed by atoms with Crippen LogP contribution in [0.5, 0.6) is 11.6 Å². The lowest BCUT2D eigenvalue weighted by Crippen LogP contribution is -2.60. The van der Waals surface area contributed by atoms with Crippen LogP contribution in [0, 0.1) is 0 Å². The molecule has 1 saturated heterocycles. The standard InChI is InChI=1S/C26H32N2O7/c1-2-3-13-33-18-11-9-16(10-12-18)14-19-21(17-7-5-4-6-8-17)27-28-25(19)35-26-24(32)23(31)22(30)20(15-29)34-26/h4-12,20,22-24,26,29-32H,2-3,13-15H2,1H3,(H,27,28)/t20-,22-,23+,24-,26+/m1/s1. The quantitative estimate of drug-likeness (QED) is 0.276. The zero-order chi connectivity index (χ0) is 24.8. The van der Waals surface area contributed by atoms with Crippen molar-refractivity contribution in [1.82, 2.24) is 10.2 Å². The van der Waals surface area contributed by atoms with E-state index in [1.807, 2.05) is 54.6 Å². The molecule has 2 aromatic carbocycles. The van der Waals surface area contributed by atoms with Crippen LogP contribution in [-0.4, -0.2) is 74.5 Å². The number of aliphatic hydroxyl groups is 4. The van der Waals surface area contributed by atoms with Gasteiger partial charge in [-0.3, -0.25) is 5.10 Å². The van der Waals surface area contributed by atoms with Gasteiger partial charge in [0.25, 0.3) is 0 Å². The summed E-state index contributed by atoms with van der Waals surface area (Å²) in [5.41, 5.74) is 3.37. The molecule has 9 heteroatoms. The Morgan fingerprint density at radius 3 is 2.40 bits per heavy atom. The lowest BCUT2D eigenvalue weighted by Gasteiger charge is -2.39. The molecule has 0 spiro atoms. The first-order valence-electron chi connectivity index (χ1n) is 11.8. The van der Waals surface area contributed by atoms with Crippen LogP contribution in [0.2, 0.25) is 0 Å². The van der Waals surface area contributed by atoms with Gasteiger partial charge in [0.2, 0.25) is 12.2 Å². The van der Waals surface area contributed by atoms with Crippen molar-refractivity contribution in [3.05, 3.63) is 65.7 Å². The topological polar surface area (TPSA) is 137 Å². The number of hydrogen-bond acceptors (Lipinski definition) is 8. The van der Waals surface area contributed by atoms with Gasteiger partial charge in [-0.05, 0) is 29.7 Å². The molecule has 35 heavy (non-hydrogen) atoms. The van der Waals surface area contributed by atoms with Crippen LogP contribution in [-0.2, 0) is 11.2 Å². The summed E-state index contributed by atoms with van der Waals surface area (Å²) in [5.74, 6) is 0.993. The number of ether oxygens (including phenoxy) is 3. The molecule has 5 N–H and O–H groups in total. The Morgan fingerprint density at radius 1 is 0.971 bits per heavy atom. The van der Waals surface area contributed by atoms with E-state index in [0.717, 1.165) is 41.0 Å². The van der Waals surface area contributed by atoms with Gasteiger partial charge in [0.15, 0.2) is 0 Å². The first kappa shape index (κ1) is 25.2. The maximum atomic E-state index is 10.4. The second-order valence-corrected chi connectivity index (χ2v) is 8.59. The van der Waals surface area contributed by atoms with Gasteiger partial charge < -0.3 is 34.6 Å². The maximum absolute atomic E-state index is 10.4. The van der Waals surface area contributed by atoms with Crippen molar-refractivity contribution in [1.29, 1.82) is 0 Å². The summed E-state index contributed by atoms with van der Waals surface area (Å²) in [6.45, 7) is 2.25. The first-order chi connectivity index (χ1) is 17.0. The van der Waals surface area contributed by atoms with Crippen molar-refractivity contribution < 1.29 is 34.6 Å². The molecule has 5 atom stereocenters. The van der Waals surface area contributed by atoms with Gasteiger partial charge in [0.05, 0.1) is 18.9 Å². The molecular weight excluding hydrogens is 452 g/mol. The van der Waals surface area contributed by atoms with Crippen LogP contribution in [0.1, 0.15) is 30.9 Å². The Bertz CT molecular complexity index is 1060. The third-order valence-corrected chi connectivity index (χ3v) is 6.04. The molecule has 0 bridgehead atoms. The molecule has 1 aromatic heterocycles. The predicted octanol–water partition coefficient (Wildman–Crippen LogP) is 2.03. The maximum Gasteiger partial charge on any atom is 0.239 e. The Labute approximate surface area is 203 Å². The van der Waals surface area contributed by atoms with Crippen LogP contribution in [0.15, 0.2) is 54.6 Å². The third-order valence-electron chi connectivity index (χ3n) is 6.04. The molecule has 0 amide bonds. The molecule has 1 fully saturated rings. The van der Waals surface area contributed by atoms with Crippen LogP contribution in [0.25, 0.3) is 11.3 Å². The fourth-order valence-electron chi connectivity index (χ4n) is 3.97. The van der Waals surface area contributed by atoms with E-state index < -0.39 is 37.3 Å². The molecule has 0 unspecified atom stereocenters. The average molecular weight is 485 g/mol. The number of benzene rings is 2. The zero-order valence-electron chi connectivity index (χ0n) is 19.6. The second kappa shape index (κ2) is 11.7. The summed E-state index contributed by atoms with van der Waals surface area (Å²) in [6.07, 6.45) is -4.41. The molecular formula is C26H32N2O7. The number of H-pyrrole nitrogens is 1. The summed E-state index contributed by atoms with van der Waals surface area (Å²) >= 11 is 0. The van der Waals surface area contributed by atoms with E-state index in [-0.39, 0.29) is 5.88 Å². The van der Waals surface area contributed by atoms with Gasteiger partial charge >= 0.3 is 0 Å². The molecule has 0 aliphatic carbocycles. The molecule has 0 radical (unpaired) electrons. The van der Waals surface area contributed by atoms with Crippen LogP contribution < -0.4 is 9.47 Å². The molecule has 9 nitrogen and oxygen atoms in total. The van der Waals surface area contributed by atoms with Crippen LogP contribution >= 0.6 is 0 Å². The second-order valence-electron chi connectivity index (χ2n) is 8.59. The zero-order valence-corrected chi connectivity index (χ0v) is 19.6. The number of aliphatic hydroxyl groups excluding tert-OH is 4. The van der Waals surface area contributed by atoms with Crippen molar-refractivity contribution in [2.75, 3.05) is 13.2 Å². The summed E-state index contributed by atoms with van der Waals surface area (Å²) in [6, 6.07) is 17.4. The monoisotopic (exact) mass is 484 g/mol. The number of unbranched alkanes of at least 4 members (excludes halogenated alkanes) is 1. The molecule has 3 aromatic rings. The van der Waals surface area contributed by atoms with Gasteiger partial charge in [-0.1, -0.05) is 55.8 Å². The van der Waals surface area contributed by atoms with Gasteiger partial charge in [0, 0.05) is 12.0 Å². The fourth-order valence-corrected chi connectivity index (χ4v) is 3.97. The fraction of sp³-hybridized carbons (Fsp3) is 0.423. The highest BCUT2D eigenvalue weighted by atomic mass is 16.7. The van der Waals surface area contributed by atoms with E-state index in [4.69, 9.17) is 14.2 Å². The van der Waals surface area contributed by atoms with E-state index in [2.05, 4.69) is 17.1 Å². The van der Waals surface area contributed by atoms with E-state index in [9.17, 15) is 20.4 Å². The van der Waals surface area contributed by atoms with Gasteiger partial charge in [-0.2, -0.15) is 0 Å². The third kappa shape index (κ3) is 5.83. The summed E-state index contributed by atoms with van der Waals surface area (Å²) in [5, 5.41) is 47.4. The molecule has 2 heterocycles. The lowest BCUT2D eigenvalue weighted by atomic mass is 9.99. The van der Waals surface area contributed by atoms with Gasteiger partial charge in [-0.25, -0.2) is 0 Å². The lowest BCUT2D eigenvalue weighted by molar-refractivity contribution is -0.278. The van der Waals surface area contributed by atoms with E-state index in [1.54, 1.807) is 0 Å². The normalized spacial score (nSPS) is 24.3. The highest BCUT2D eigenvalue weighted by molar-refractivity contribution is 5.66. The molecule has 1 aliphatic heterocycles. The van der Waals surface area contributed by atoms with Crippen molar-refractivity contribution in [2.45, 2.75) is 56.9 Å². The Kier molecular flexibility index (Phi) is 8.37. The molecule has 4 rings (SSSR count). The summed E-state index contributed by atoms with van der Waals surface area (Å²) in [4.78, 5) is 0. The number of aromatic amines is 1. The van der Waals surface area contributed by atoms with Crippen molar-refractivity contribution in [3.8, 4) is 22.9 Å². The Morgan fingerprint density at radius 2 is 1.71 bits per heavy atom. The van der Waals surface area contributed by atoms with Gasteiger partial charge in [0.1, 0.15) is 30.2 Å².